The van der Waals surface area contributed by atoms with Gasteiger partial charge in [0.2, 0.25) is 0 Å². The van der Waals surface area contributed by atoms with Gasteiger partial charge in [-0.05, 0) is 35.4 Å². The Labute approximate surface area is 130 Å². The van der Waals surface area contributed by atoms with Gasteiger partial charge in [0.05, 0.1) is 12.6 Å². The van der Waals surface area contributed by atoms with Gasteiger partial charge in [0.15, 0.2) is 0 Å². The van der Waals surface area contributed by atoms with Crippen LogP contribution < -0.4 is 5.32 Å². The van der Waals surface area contributed by atoms with Gasteiger partial charge in [-0.3, -0.25) is 0 Å². The molecule has 0 saturated heterocycles. The van der Waals surface area contributed by atoms with Crippen LogP contribution in [0.1, 0.15) is 34.9 Å². The zero-order valence-corrected chi connectivity index (χ0v) is 13.3. The second kappa shape index (κ2) is 7.71. The molecule has 0 amide bonds. The number of benzene rings is 1. The van der Waals surface area contributed by atoms with Crippen LogP contribution in [0.4, 0.5) is 0 Å². The zero-order valence-electron chi connectivity index (χ0n) is 12.5. The van der Waals surface area contributed by atoms with Crippen LogP contribution in [-0.2, 0) is 0 Å². The topological polar surface area (TPSA) is 52.5 Å². The van der Waals surface area contributed by atoms with Crippen molar-refractivity contribution in [2.75, 3.05) is 13.2 Å². The summed E-state index contributed by atoms with van der Waals surface area (Å²) in [6, 6.07) is 11.9. The average molecular weight is 305 g/mol. The Morgan fingerprint density at radius 3 is 2.52 bits per heavy atom. The van der Waals surface area contributed by atoms with Crippen LogP contribution in [-0.4, -0.2) is 29.4 Å². The lowest BCUT2D eigenvalue weighted by Crippen LogP contribution is -2.39. The first-order chi connectivity index (χ1) is 10.1. The smallest absolute Gasteiger partial charge is 0.106 e. The van der Waals surface area contributed by atoms with Crippen molar-refractivity contribution in [2.45, 2.75) is 31.9 Å². The molecule has 3 atom stereocenters. The third-order valence-corrected chi connectivity index (χ3v) is 4.80. The van der Waals surface area contributed by atoms with Gasteiger partial charge in [-0.25, -0.2) is 0 Å². The van der Waals surface area contributed by atoms with E-state index < -0.39 is 6.10 Å². The lowest BCUT2D eigenvalue weighted by atomic mass is 10.0. The summed E-state index contributed by atoms with van der Waals surface area (Å²) in [4.78, 5) is 0.895. The Morgan fingerprint density at radius 2 is 1.95 bits per heavy atom. The molecule has 0 aliphatic carbocycles. The van der Waals surface area contributed by atoms with Crippen LogP contribution >= 0.6 is 11.3 Å². The molecule has 0 bridgehead atoms. The second-order valence-corrected chi connectivity index (χ2v) is 6.42. The Hall–Kier alpha value is -1.20. The molecular weight excluding hydrogens is 282 g/mol. The zero-order chi connectivity index (χ0) is 15.2. The van der Waals surface area contributed by atoms with Crippen LogP contribution in [0.2, 0.25) is 0 Å². The largest absolute Gasteiger partial charge is 0.395 e. The van der Waals surface area contributed by atoms with Crippen LogP contribution in [0.3, 0.4) is 0 Å². The molecule has 0 aliphatic rings. The fraction of sp³-hybridized carbons (Fsp3) is 0.412. The third-order valence-electron chi connectivity index (χ3n) is 3.67. The van der Waals surface area contributed by atoms with Crippen LogP contribution in [0.15, 0.2) is 41.8 Å². The van der Waals surface area contributed by atoms with Crippen molar-refractivity contribution in [1.82, 2.24) is 5.32 Å². The molecule has 0 radical (unpaired) electrons. The number of aryl methyl sites for hydroxylation is 1. The molecule has 1 unspecified atom stereocenters. The Morgan fingerprint density at radius 1 is 1.24 bits per heavy atom. The van der Waals surface area contributed by atoms with Crippen LogP contribution in [0, 0.1) is 6.92 Å². The van der Waals surface area contributed by atoms with Gasteiger partial charge in [-0.15, -0.1) is 11.3 Å². The van der Waals surface area contributed by atoms with E-state index in [9.17, 15) is 10.2 Å². The number of aliphatic hydroxyl groups is 2. The minimum absolute atomic E-state index is 0.0837. The summed E-state index contributed by atoms with van der Waals surface area (Å²) in [5, 5.41) is 25.2. The maximum atomic E-state index is 10.4. The summed E-state index contributed by atoms with van der Waals surface area (Å²) in [6.45, 7) is 4.78. The van der Waals surface area contributed by atoms with Crippen LogP contribution in [0.25, 0.3) is 0 Å². The number of hydrogen-bond acceptors (Lipinski definition) is 4. The number of aliphatic hydroxyl groups excluding tert-OH is 2. The summed E-state index contributed by atoms with van der Waals surface area (Å²) in [6.07, 6.45) is -0.670. The maximum Gasteiger partial charge on any atom is 0.106 e. The van der Waals surface area contributed by atoms with Gasteiger partial charge in [0.1, 0.15) is 6.10 Å². The fourth-order valence-corrected chi connectivity index (χ4v) is 3.26. The van der Waals surface area contributed by atoms with E-state index in [0.717, 1.165) is 17.0 Å². The van der Waals surface area contributed by atoms with Crippen molar-refractivity contribution < 1.29 is 10.2 Å². The predicted octanol–water partition coefficient (Wildman–Crippen LogP) is 2.84. The summed E-state index contributed by atoms with van der Waals surface area (Å²) >= 11 is 1.53. The standard InChI is InChI=1S/C17H23NO2S/c1-12-8-16(21-11-12)17(20)15(10-19)18-9-13(2)14-6-4-3-5-7-14/h3-8,11,13,15,17-20H,9-10H2,1-2H3/t13?,15-,17-/m0/s1. The quantitative estimate of drug-likeness (QED) is 0.737. The maximum absolute atomic E-state index is 10.4. The normalized spacial score (nSPS) is 15.6. The molecule has 1 heterocycles. The Kier molecular flexibility index (Phi) is 5.94. The molecular formula is C17H23NO2S. The molecule has 114 valence electrons. The van der Waals surface area contributed by atoms with E-state index in [-0.39, 0.29) is 12.6 Å². The molecule has 3 nitrogen and oxygen atoms in total. The van der Waals surface area contributed by atoms with Crippen molar-refractivity contribution in [1.29, 1.82) is 0 Å². The van der Waals surface area contributed by atoms with E-state index in [2.05, 4.69) is 24.4 Å². The molecule has 1 aromatic carbocycles. The first-order valence-corrected chi connectivity index (χ1v) is 8.12. The minimum Gasteiger partial charge on any atom is -0.395 e. The van der Waals surface area contributed by atoms with Crippen molar-refractivity contribution in [2.24, 2.45) is 0 Å². The number of nitrogens with one attached hydrogen (secondary N) is 1. The number of thiophene rings is 1. The molecule has 2 aromatic rings. The van der Waals surface area contributed by atoms with E-state index in [0.29, 0.717) is 5.92 Å². The molecule has 1 aromatic heterocycles. The summed E-state index contributed by atoms with van der Waals surface area (Å²) in [5.41, 5.74) is 2.39. The minimum atomic E-state index is -0.670. The van der Waals surface area contributed by atoms with Crippen LogP contribution in [0.5, 0.6) is 0 Å². The lowest BCUT2D eigenvalue weighted by Gasteiger charge is -2.23. The van der Waals surface area contributed by atoms with Gasteiger partial charge >= 0.3 is 0 Å². The SMILES string of the molecule is Cc1csc([C@@H](O)[C@H](CO)NCC(C)c2ccccc2)c1. The third kappa shape index (κ3) is 4.38. The lowest BCUT2D eigenvalue weighted by molar-refractivity contribution is 0.0921. The average Bonchev–Trinajstić information content (AvgIpc) is 2.95. The molecule has 21 heavy (non-hydrogen) atoms. The first-order valence-electron chi connectivity index (χ1n) is 7.24. The molecule has 4 heteroatoms. The first kappa shape index (κ1) is 16.2. The highest BCUT2D eigenvalue weighted by Crippen LogP contribution is 2.24. The van der Waals surface area contributed by atoms with Gasteiger partial charge in [-0.2, -0.15) is 0 Å². The van der Waals surface area contributed by atoms with E-state index in [4.69, 9.17) is 0 Å². The highest BCUT2D eigenvalue weighted by Gasteiger charge is 2.21. The molecule has 0 spiro atoms. The molecule has 0 aliphatic heterocycles. The van der Waals surface area contributed by atoms with Gasteiger partial charge in [0.25, 0.3) is 0 Å². The van der Waals surface area contributed by atoms with E-state index in [1.807, 2.05) is 36.6 Å². The molecule has 0 fully saturated rings. The molecule has 3 N–H and O–H groups in total. The Bertz CT molecular complexity index is 541. The van der Waals surface area contributed by atoms with E-state index in [1.165, 1.54) is 16.9 Å². The molecule has 0 saturated carbocycles. The fourth-order valence-electron chi connectivity index (χ4n) is 2.31. The highest BCUT2D eigenvalue weighted by molar-refractivity contribution is 7.10. The van der Waals surface area contributed by atoms with Crippen molar-refractivity contribution in [3.8, 4) is 0 Å². The van der Waals surface area contributed by atoms with Crippen molar-refractivity contribution >= 4 is 11.3 Å². The van der Waals surface area contributed by atoms with Crippen molar-refractivity contribution in [3.63, 3.8) is 0 Å². The summed E-state index contributed by atoms with van der Waals surface area (Å²) in [7, 11) is 0. The number of hydrogen-bond donors (Lipinski definition) is 3. The Balaban J connectivity index is 1.93. The van der Waals surface area contributed by atoms with Gasteiger partial charge < -0.3 is 15.5 Å². The van der Waals surface area contributed by atoms with Crippen molar-refractivity contribution in [3.05, 3.63) is 57.8 Å². The highest BCUT2D eigenvalue weighted by atomic mass is 32.1. The van der Waals surface area contributed by atoms with Gasteiger partial charge in [-0.1, -0.05) is 37.3 Å². The monoisotopic (exact) mass is 305 g/mol. The summed E-state index contributed by atoms with van der Waals surface area (Å²) in [5.74, 6) is 0.331. The second-order valence-electron chi connectivity index (χ2n) is 5.48. The predicted molar refractivity (Wildman–Crippen MR) is 87.7 cm³/mol. The number of rotatable bonds is 7. The molecule has 2 rings (SSSR count). The van der Waals surface area contributed by atoms with E-state index in [1.54, 1.807) is 0 Å². The van der Waals surface area contributed by atoms with Gasteiger partial charge in [0, 0.05) is 11.4 Å². The summed E-state index contributed by atoms with van der Waals surface area (Å²) < 4.78 is 0. The van der Waals surface area contributed by atoms with E-state index >= 15 is 0 Å².